The van der Waals surface area contributed by atoms with Gasteiger partial charge < -0.3 is 29.6 Å². The number of carbonyl (C=O) groups excluding carboxylic acids is 3. The van der Waals surface area contributed by atoms with Crippen molar-refractivity contribution in [1.82, 2.24) is 16.1 Å². The summed E-state index contributed by atoms with van der Waals surface area (Å²) >= 11 is 5.98. The number of benzene rings is 2. The molecule has 1 heterocycles. The summed E-state index contributed by atoms with van der Waals surface area (Å²) in [7, 11) is 4.20. The average Bonchev–Trinajstić information content (AvgIpc) is 2.86. The molecule has 1 aliphatic heterocycles. The summed E-state index contributed by atoms with van der Waals surface area (Å²) in [6.45, 7) is 1.26. The third kappa shape index (κ3) is 6.25. The standard InChI is InChI=1S/C24H25ClN4O7/c1-13-21(23(31)35-4)22(28-24(32)27-13)14-5-7-18(19(10-14)34-3)36-12-20(30)29-26-11-15-9-16(25)6-8-17(15)33-2/h5-11,22H,12H2,1-4H3,(H,29,30)(H2,27,28,32)/b26-11-/t22-/m0/s1. The zero-order chi connectivity index (χ0) is 26.2. The van der Waals surface area contributed by atoms with Crippen LogP contribution in [0.4, 0.5) is 4.79 Å². The molecule has 3 rings (SSSR count). The molecule has 3 amide bonds. The van der Waals surface area contributed by atoms with E-state index in [0.717, 1.165) is 0 Å². The highest BCUT2D eigenvalue weighted by atomic mass is 35.5. The van der Waals surface area contributed by atoms with E-state index < -0.39 is 23.9 Å². The number of hydrazone groups is 1. The van der Waals surface area contributed by atoms with Crippen LogP contribution >= 0.6 is 11.6 Å². The number of methoxy groups -OCH3 is 3. The molecule has 1 aliphatic rings. The van der Waals surface area contributed by atoms with E-state index in [4.69, 9.17) is 30.5 Å². The second-order valence-corrected chi connectivity index (χ2v) is 7.88. The predicted molar refractivity (Wildman–Crippen MR) is 131 cm³/mol. The van der Waals surface area contributed by atoms with E-state index >= 15 is 0 Å². The summed E-state index contributed by atoms with van der Waals surface area (Å²) in [6.07, 6.45) is 1.40. The van der Waals surface area contributed by atoms with Crippen LogP contribution in [0.1, 0.15) is 24.1 Å². The molecule has 36 heavy (non-hydrogen) atoms. The van der Waals surface area contributed by atoms with Gasteiger partial charge in [0.2, 0.25) is 0 Å². The molecule has 2 aromatic carbocycles. The zero-order valence-electron chi connectivity index (χ0n) is 20.0. The van der Waals surface area contributed by atoms with Crippen LogP contribution in [0.25, 0.3) is 0 Å². The minimum atomic E-state index is -0.768. The molecule has 190 valence electrons. The molecule has 3 N–H and O–H groups in total. The summed E-state index contributed by atoms with van der Waals surface area (Å²) in [6, 6.07) is 8.59. The summed E-state index contributed by atoms with van der Waals surface area (Å²) in [5.41, 5.74) is 4.13. The van der Waals surface area contributed by atoms with Gasteiger partial charge in [-0.25, -0.2) is 15.0 Å². The van der Waals surface area contributed by atoms with Gasteiger partial charge in [-0.2, -0.15) is 5.10 Å². The number of hydrogen-bond acceptors (Lipinski definition) is 8. The maximum absolute atomic E-state index is 12.3. The molecule has 1 atom stereocenters. The highest BCUT2D eigenvalue weighted by molar-refractivity contribution is 6.30. The van der Waals surface area contributed by atoms with E-state index in [1.807, 2.05) is 0 Å². The Morgan fingerprint density at radius 3 is 2.50 bits per heavy atom. The number of nitrogens with one attached hydrogen (secondary N) is 3. The van der Waals surface area contributed by atoms with Crippen molar-refractivity contribution in [3.8, 4) is 17.2 Å². The van der Waals surface area contributed by atoms with Crippen molar-refractivity contribution in [3.63, 3.8) is 0 Å². The zero-order valence-corrected chi connectivity index (χ0v) is 20.8. The number of allylic oxidation sites excluding steroid dienone is 1. The van der Waals surface area contributed by atoms with Crippen molar-refractivity contribution in [2.24, 2.45) is 5.10 Å². The van der Waals surface area contributed by atoms with Gasteiger partial charge in [-0.3, -0.25) is 4.79 Å². The average molecular weight is 517 g/mol. The Bertz CT molecular complexity index is 1230. The quantitative estimate of drug-likeness (QED) is 0.265. The Morgan fingerprint density at radius 2 is 1.81 bits per heavy atom. The molecule has 0 saturated carbocycles. The van der Waals surface area contributed by atoms with Crippen molar-refractivity contribution in [1.29, 1.82) is 0 Å². The fourth-order valence-corrected chi connectivity index (χ4v) is 3.64. The number of esters is 1. The second kappa shape index (κ2) is 11.9. The van der Waals surface area contributed by atoms with Gasteiger partial charge in [0.05, 0.1) is 39.2 Å². The Hall–Kier alpha value is -4.25. The smallest absolute Gasteiger partial charge is 0.337 e. The molecule has 0 bridgehead atoms. The van der Waals surface area contributed by atoms with Gasteiger partial charge in [0, 0.05) is 16.3 Å². The summed E-state index contributed by atoms with van der Waals surface area (Å²) in [5.74, 6) is 0.0100. The lowest BCUT2D eigenvalue weighted by Crippen LogP contribution is -2.45. The Morgan fingerprint density at radius 1 is 1.08 bits per heavy atom. The van der Waals surface area contributed by atoms with Gasteiger partial charge in [0.25, 0.3) is 5.91 Å². The van der Waals surface area contributed by atoms with E-state index in [2.05, 4.69) is 21.2 Å². The monoisotopic (exact) mass is 516 g/mol. The summed E-state index contributed by atoms with van der Waals surface area (Å²) in [5, 5.41) is 9.65. The van der Waals surface area contributed by atoms with Gasteiger partial charge >= 0.3 is 12.0 Å². The van der Waals surface area contributed by atoms with Crippen LogP contribution in [0.3, 0.4) is 0 Å². The van der Waals surface area contributed by atoms with Crippen molar-refractivity contribution in [2.75, 3.05) is 27.9 Å². The van der Waals surface area contributed by atoms with Crippen molar-refractivity contribution in [3.05, 3.63) is 63.8 Å². The van der Waals surface area contributed by atoms with Crippen LogP contribution < -0.4 is 30.3 Å². The molecule has 11 nitrogen and oxygen atoms in total. The number of amides is 3. The minimum absolute atomic E-state index is 0.251. The lowest BCUT2D eigenvalue weighted by molar-refractivity contribution is -0.136. The minimum Gasteiger partial charge on any atom is -0.496 e. The second-order valence-electron chi connectivity index (χ2n) is 7.44. The van der Waals surface area contributed by atoms with E-state index in [0.29, 0.717) is 33.3 Å². The maximum Gasteiger partial charge on any atom is 0.337 e. The lowest BCUT2D eigenvalue weighted by Gasteiger charge is -2.28. The first kappa shape index (κ1) is 26.4. The van der Waals surface area contributed by atoms with Crippen LogP contribution in [0.15, 0.2) is 52.8 Å². The van der Waals surface area contributed by atoms with Gasteiger partial charge in [0.15, 0.2) is 18.1 Å². The number of rotatable bonds is 9. The third-order valence-electron chi connectivity index (χ3n) is 5.14. The fourth-order valence-electron chi connectivity index (χ4n) is 3.46. The molecule has 12 heteroatoms. The molecule has 0 fully saturated rings. The molecule has 0 unspecified atom stereocenters. The summed E-state index contributed by atoms with van der Waals surface area (Å²) in [4.78, 5) is 36.5. The molecule has 0 spiro atoms. The van der Waals surface area contributed by atoms with E-state index in [1.165, 1.54) is 27.5 Å². The molecule has 0 radical (unpaired) electrons. The normalized spacial score (nSPS) is 15.1. The Kier molecular flexibility index (Phi) is 8.74. The van der Waals surface area contributed by atoms with Crippen LogP contribution in [0, 0.1) is 0 Å². The van der Waals surface area contributed by atoms with E-state index in [9.17, 15) is 14.4 Å². The molecule has 0 saturated heterocycles. The summed E-state index contributed by atoms with van der Waals surface area (Å²) < 4.78 is 21.0. The lowest BCUT2D eigenvalue weighted by atomic mass is 9.95. The first-order valence-electron chi connectivity index (χ1n) is 10.6. The highest BCUT2D eigenvalue weighted by Gasteiger charge is 2.32. The fraction of sp³-hybridized carbons (Fsp3) is 0.250. The predicted octanol–water partition coefficient (Wildman–Crippen LogP) is 2.69. The largest absolute Gasteiger partial charge is 0.496 e. The van der Waals surface area contributed by atoms with Gasteiger partial charge in [-0.1, -0.05) is 17.7 Å². The van der Waals surface area contributed by atoms with Crippen LogP contribution in [0.5, 0.6) is 17.2 Å². The number of urea groups is 1. The number of nitrogens with zero attached hydrogens (tertiary/aromatic N) is 1. The van der Waals surface area contributed by atoms with E-state index in [1.54, 1.807) is 43.3 Å². The number of hydrogen-bond donors (Lipinski definition) is 3. The van der Waals surface area contributed by atoms with Crippen molar-refractivity contribution < 1.29 is 33.3 Å². The van der Waals surface area contributed by atoms with Crippen LogP contribution in [0.2, 0.25) is 5.02 Å². The molecule has 2 aromatic rings. The molecule has 0 aromatic heterocycles. The van der Waals surface area contributed by atoms with Crippen molar-refractivity contribution >= 4 is 35.7 Å². The van der Waals surface area contributed by atoms with Gasteiger partial charge in [-0.15, -0.1) is 0 Å². The van der Waals surface area contributed by atoms with Crippen LogP contribution in [-0.4, -0.2) is 52.1 Å². The first-order chi connectivity index (χ1) is 17.3. The molecular formula is C24H25ClN4O7. The maximum atomic E-state index is 12.3. The number of ether oxygens (including phenoxy) is 4. The Labute approximate surface area is 212 Å². The molecule has 0 aliphatic carbocycles. The Balaban J connectivity index is 1.69. The number of halogens is 1. The van der Waals surface area contributed by atoms with Crippen molar-refractivity contribution in [2.45, 2.75) is 13.0 Å². The SMILES string of the molecule is COC(=O)C1=C(C)NC(=O)N[C@H]1c1ccc(OCC(=O)N/N=C\c2cc(Cl)ccc2OC)c(OC)c1. The number of carbonyl (C=O) groups is 3. The third-order valence-corrected chi connectivity index (χ3v) is 5.37. The van der Waals surface area contributed by atoms with Gasteiger partial charge in [-0.05, 0) is 42.8 Å². The highest BCUT2D eigenvalue weighted by Crippen LogP contribution is 2.34. The topological polar surface area (TPSA) is 137 Å². The van der Waals surface area contributed by atoms with Gasteiger partial charge in [0.1, 0.15) is 5.75 Å². The van der Waals surface area contributed by atoms with E-state index in [-0.39, 0.29) is 17.9 Å². The first-order valence-corrected chi connectivity index (χ1v) is 11.0. The van der Waals surface area contributed by atoms with Crippen LogP contribution in [-0.2, 0) is 14.3 Å². The molecular weight excluding hydrogens is 492 g/mol.